The molecule has 5 rings (SSSR count). The van der Waals surface area contributed by atoms with E-state index in [1.165, 1.54) is 50.3 Å². The van der Waals surface area contributed by atoms with Crippen molar-refractivity contribution in [2.45, 2.75) is 38.8 Å². The van der Waals surface area contributed by atoms with E-state index in [9.17, 15) is 24.3 Å². The molecule has 50 heavy (non-hydrogen) atoms. The average Bonchev–Trinajstić information content (AvgIpc) is 3.56. The number of carbonyl (C=O) groups is 4. The number of aromatic nitrogens is 1. The number of esters is 2. The Morgan fingerprint density at radius 2 is 1.24 bits per heavy atom. The number of ether oxygens (including phenoxy) is 2. The van der Waals surface area contributed by atoms with Gasteiger partial charge in [0.2, 0.25) is 11.5 Å². The minimum atomic E-state index is -1.68. The third kappa shape index (κ3) is 7.77. The lowest BCUT2D eigenvalue weighted by atomic mass is 9.77. The normalized spacial score (nSPS) is 11.7. The molecule has 0 aliphatic heterocycles. The number of thiazole rings is 1. The fourth-order valence-corrected chi connectivity index (χ4v) is 6.00. The number of carboxylic acid groups (broad SMARTS) is 1. The average molecular weight is 692 g/mol. The molecule has 0 bridgehead atoms. The Bertz CT molecular complexity index is 1950. The Morgan fingerprint density at radius 3 is 1.72 bits per heavy atom. The molecule has 1 heterocycles. The Morgan fingerprint density at radius 1 is 0.740 bits per heavy atom. The van der Waals surface area contributed by atoms with Gasteiger partial charge in [-0.2, -0.15) is 0 Å². The zero-order valence-electron chi connectivity index (χ0n) is 27.6. The van der Waals surface area contributed by atoms with Crippen LogP contribution < -0.4 is 14.8 Å². The van der Waals surface area contributed by atoms with Gasteiger partial charge >= 0.3 is 17.9 Å². The monoisotopic (exact) mass is 691 g/mol. The summed E-state index contributed by atoms with van der Waals surface area (Å²) in [4.78, 5) is 59.3. The molecular weight excluding hydrogens is 658 g/mol. The predicted molar refractivity (Wildman–Crippen MR) is 188 cm³/mol. The zero-order valence-corrected chi connectivity index (χ0v) is 28.4. The fourth-order valence-electron chi connectivity index (χ4n) is 5.25. The number of rotatable bonds is 13. The molecule has 0 aliphatic carbocycles. The number of hydrogen-bond donors (Lipinski definition) is 2. The van der Waals surface area contributed by atoms with Crippen LogP contribution in [0.4, 0.5) is 5.13 Å². The summed E-state index contributed by atoms with van der Waals surface area (Å²) in [5.74, 6) is -3.59. The first kappa shape index (κ1) is 35.2. The fraction of sp³-hybridized carbons (Fsp3) is 0.158. The molecule has 0 amide bonds. The van der Waals surface area contributed by atoms with Crippen molar-refractivity contribution in [1.29, 1.82) is 0 Å². The number of ketones is 1. The summed E-state index contributed by atoms with van der Waals surface area (Å²) in [6.45, 7) is 5.16. The molecule has 0 spiro atoms. The maximum atomic E-state index is 13.5. The SMILES string of the molecule is CC(=O)Oc1ccc(C(=O)C(C)(C)ON=C(C(=O)O)c2csc(NC(c3ccccc3)(c3ccccc3)c3ccccc3)n2)cc1OC(C)=O. The van der Waals surface area contributed by atoms with E-state index in [0.29, 0.717) is 5.13 Å². The van der Waals surface area contributed by atoms with Crippen molar-refractivity contribution in [2.24, 2.45) is 5.16 Å². The molecule has 11 nitrogen and oxygen atoms in total. The second-order valence-electron chi connectivity index (χ2n) is 11.5. The van der Waals surface area contributed by atoms with Crippen molar-refractivity contribution in [2.75, 3.05) is 5.32 Å². The van der Waals surface area contributed by atoms with Gasteiger partial charge in [0.25, 0.3) is 0 Å². The van der Waals surface area contributed by atoms with Crippen LogP contribution in [0.3, 0.4) is 0 Å². The number of nitrogens with zero attached hydrogens (tertiary/aromatic N) is 2. The predicted octanol–water partition coefficient (Wildman–Crippen LogP) is 6.86. The Balaban J connectivity index is 1.47. The minimum Gasteiger partial charge on any atom is -0.476 e. The first-order valence-electron chi connectivity index (χ1n) is 15.4. The summed E-state index contributed by atoms with van der Waals surface area (Å²) >= 11 is 1.19. The molecule has 0 fully saturated rings. The summed E-state index contributed by atoms with van der Waals surface area (Å²) < 4.78 is 10.2. The smallest absolute Gasteiger partial charge is 0.360 e. The molecule has 2 N–H and O–H groups in total. The highest BCUT2D eigenvalue weighted by Gasteiger charge is 2.38. The first-order valence-corrected chi connectivity index (χ1v) is 16.2. The van der Waals surface area contributed by atoms with Gasteiger partial charge in [0, 0.05) is 24.8 Å². The number of benzene rings is 4. The van der Waals surface area contributed by atoms with Crippen LogP contribution in [0.5, 0.6) is 11.5 Å². The first-order chi connectivity index (χ1) is 23.9. The van der Waals surface area contributed by atoms with Gasteiger partial charge in [-0.25, -0.2) is 9.78 Å². The van der Waals surface area contributed by atoms with E-state index < -0.39 is 40.5 Å². The number of nitrogens with one attached hydrogen (secondary N) is 1. The van der Waals surface area contributed by atoms with Crippen LogP contribution in [0.2, 0.25) is 0 Å². The third-order valence-corrected chi connectivity index (χ3v) is 8.25. The molecule has 0 saturated heterocycles. The lowest BCUT2D eigenvalue weighted by Crippen LogP contribution is -2.38. The second-order valence-corrected chi connectivity index (χ2v) is 12.4. The van der Waals surface area contributed by atoms with Crippen molar-refractivity contribution in [1.82, 2.24) is 4.98 Å². The van der Waals surface area contributed by atoms with Gasteiger partial charge in [-0.15, -0.1) is 11.3 Å². The molecule has 12 heteroatoms. The number of anilines is 1. The van der Waals surface area contributed by atoms with E-state index in [2.05, 4.69) is 15.5 Å². The summed E-state index contributed by atoms with van der Waals surface area (Å²) in [5.41, 5.74) is -0.260. The zero-order chi connectivity index (χ0) is 35.9. The van der Waals surface area contributed by atoms with Crippen molar-refractivity contribution >= 4 is 45.9 Å². The van der Waals surface area contributed by atoms with Gasteiger partial charge in [0.15, 0.2) is 22.2 Å². The summed E-state index contributed by atoms with van der Waals surface area (Å²) in [6.07, 6.45) is 0. The number of Topliss-reactive ketones (excluding diaryl/α,β-unsaturated/α-hetero) is 1. The van der Waals surface area contributed by atoms with E-state index >= 15 is 0 Å². The molecule has 0 atom stereocenters. The number of oxime groups is 1. The molecule has 0 radical (unpaired) electrons. The quantitative estimate of drug-likeness (QED) is 0.0334. The third-order valence-electron chi connectivity index (χ3n) is 7.49. The van der Waals surface area contributed by atoms with Crippen molar-refractivity contribution in [3.8, 4) is 11.5 Å². The highest BCUT2D eigenvalue weighted by atomic mass is 32.1. The van der Waals surface area contributed by atoms with E-state index in [4.69, 9.17) is 14.3 Å². The van der Waals surface area contributed by atoms with Gasteiger partial charge in [-0.05, 0) is 48.7 Å². The highest BCUT2D eigenvalue weighted by Crippen LogP contribution is 2.40. The van der Waals surface area contributed by atoms with Gasteiger partial charge in [-0.3, -0.25) is 14.4 Å². The van der Waals surface area contributed by atoms with Gasteiger partial charge < -0.3 is 24.7 Å². The van der Waals surface area contributed by atoms with Crippen LogP contribution in [0.1, 0.15) is 60.4 Å². The number of carbonyl (C=O) groups excluding carboxylic acids is 3. The lowest BCUT2D eigenvalue weighted by molar-refractivity contribution is -0.134. The van der Waals surface area contributed by atoms with Gasteiger partial charge in [-0.1, -0.05) is 96.2 Å². The Labute approximate surface area is 292 Å². The van der Waals surface area contributed by atoms with Crippen molar-refractivity contribution in [3.63, 3.8) is 0 Å². The van der Waals surface area contributed by atoms with E-state index in [1.807, 2.05) is 91.0 Å². The van der Waals surface area contributed by atoms with Crippen LogP contribution in [0.15, 0.2) is 120 Å². The highest BCUT2D eigenvalue weighted by molar-refractivity contribution is 7.14. The molecule has 254 valence electrons. The van der Waals surface area contributed by atoms with Crippen LogP contribution in [-0.4, -0.2) is 45.1 Å². The van der Waals surface area contributed by atoms with E-state index in [1.54, 1.807) is 5.38 Å². The maximum Gasteiger partial charge on any atom is 0.360 e. The van der Waals surface area contributed by atoms with E-state index in [-0.39, 0.29) is 22.8 Å². The maximum absolute atomic E-state index is 13.5. The molecule has 5 aromatic rings. The van der Waals surface area contributed by atoms with Crippen LogP contribution in [0.25, 0.3) is 0 Å². The van der Waals surface area contributed by atoms with Crippen molar-refractivity contribution < 1.29 is 38.6 Å². The summed E-state index contributed by atoms with van der Waals surface area (Å²) in [6, 6.07) is 33.5. The van der Waals surface area contributed by atoms with Gasteiger partial charge in [0.1, 0.15) is 11.2 Å². The standard InChI is InChI=1S/C38H33N3O8S/c1-24(42)47-31-21-20-26(22-32(31)48-25(2)43)34(44)37(3,4)49-41-33(35(45)46)30-23-50-36(39-30)40-38(27-14-8-5-9-15-27,28-16-10-6-11-17-28)29-18-12-7-13-19-29/h5-23H,1-4H3,(H,39,40)(H,45,46). The number of hydrogen-bond acceptors (Lipinski definition) is 11. The lowest BCUT2D eigenvalue weighted by Gasteiger charge is -2.36. The molecule has 0 unspecified atom stereocenters. The molecule has 1 aromatic heterocycles. The minimum absolute atomic E-state index is 0.0132. The summed E-state index contributed by atoms with van der Waals surface area (Å²) in [7, 11) is 0. The largest absolute Gasteiger partial charge is 0.476 e. The molecule has 0 saturated carbocycles. The van der Waals surface area contributed by atoms with Crippen LogP contribution in [0, 0.1) is 0 Å². The number of carboxylic acids is 1. The van der Waals surface area contributed by atoms with Crippen LogP contribution in [-0.2, 0) is 24.8 Å². The topological polar surface area (TPSA) is 153 Å². The van der Waals surface area contributed by atoms with Crippen molar-refractivity contribution in [3.05, 3.63) is 143 Å². The molecule has 0 aliphatic rings. The second kappa shape index (κ2) is 15.0. The van der Waals surface area contributed by atoms with Gasteiger partial charge in [0.05, 0.1) is 0 Å². The number of aliphatic carboxylic acids is 1. The Kier molecular flexibility index (Phi) is 10.5. The molecule has 4 aromatic carbocycles. The van der Waals surface area contributed by atoms with Crippen LogP contribution >= 0.6 is 11.3 Å². The summed E-state index contributed by atoms with van der Waals surface area (Å²) in [5, 5.41) is 19.6. The van der Waals surface area contributed by atoms with E-state index in [0.717, 1.165) is 23.6 Å². The Hall–Kier alpha value is -6.14. The molecular formula is C38H33N3O8S.